The Balaban J connectivity index is 2.04. The van der Waals surface area contributed by atoms with E-state index in [-0.39, 0.29) is 5.91 Å². The van der Waals surface area contributed by atoms with Crippen molar-refractivity contribution in [3.8, 4) is 11.8 Å². The smallest absolute Gasteiger partial charge is 0.261 e. The Morgan fingerprint density at radius 3 is 2.52 bits per heavy atom. The maximum atomic E-state index is 12.8. The molecular weight excluding hydrogens is 382 g/mol. The summed E-state index contributed by atoms with van der Waals surface area (Å²) in [6, 6.07) is 19.3. The lowest BCUT2D eigenvalue weighted by Gasteiger charge is -2.25. The number of hydrogen-bond donors (Lipinski definition) is 1. The number of nitrogens with one attached hydrogen (secondary N) is 1. The third-order valence-electron chi connectivity index (χ3n) is 4.22. The molecule has 2 rings (SSSR count). The third kappa shape index (κ3) is 7.55. The number of ether oxygens (including phenoxy) is 1. The van der Waals surface area contributed by atoms with Crippen LogP contribution in [0.15, 0.2) is 54.6 Å². The maximum absolute atomic E-state index is 12.8. The lowest BCUT2D eigenvalue weighted by molar-refractivity contribution is 0.0968. The van der Waals surface area contributed by atoms with Crippen LogP contribution >= 0.6 is 12.2 Å². The number of nitrogens with zero attached hydrogens (tertiary/aromatic N) is 2. The minimum Gasteiger partial charge on any atom is -0.492 e. The Labute approximate surface area is 178 Å². The van der Waals surface area contributed by atoms with Gasteiger partial charge in [0.2, 0.25) is 0 Å². The first-order valence-corrected chi connectivity index (χ1v) is 10.1. The molecule has 0 unspecified atom stereocenters. The van der Waals surface area contributed by atoms with Gasteiger partial charge in [0.05, 0.1) is 24.7 Å². The maximum Gasteiger partial charge on any atom is 0.261 e. The molecule has 1 amide bonds. The highest BCUT2D eigenvalue weighted by molar-refractivity contribution is 7.80. The van der Waals surface area contributed by atoms with Crippen molar-refractivity contribution in [2.75, 3.05) is 19.7 Å². The fourth-order valence-corrected chi connectivity index (χ4v) is 2.96. The number of carbonyl (C=O) groups is 1. The summed E-state index contributed by atoms with van der Waals surface area (Å²) in [5.74, 6) is 0.581. The highest BCUT2D eigenvalue weighted by Crippen LogP contribution is 2.18. The topological polar surface area (TPSA) is 65.4 Å². The molecule has 2 aromatic rings. The van der Waals surface area contributed by atoms with Gasteiger partial charge in [-0.1, -0.05) is 56.3 Å². The van der Waals surface area contributed by atoms with Gasteiger partial charge in [0.15, 0.2) is 5.11 Å². The zero-order chi connectivity index (χ0) is 21.1. The van der Waals surface area contributed by atoms with Gasteiger partial charge in [0.1, 0.15) is 5.75 Å². The second-order valence-electron chi connectivity index (χ2n) is 7.09. The van der Waals surface area contributed by atoms with E-state index in [1.807, 2.05) is 41.3 Å². The molecule has 0 saturated carbocycles. The van der Waals surface area contributed by atoms with Crippen LogP contribution in [-0.2, 0) is 6.42 Å². The van der Waals surface area contributed by atoms with Crippen molar-refractivity contribution in [3.63, 3.8) is 0 Å². The predicted molar refractivity (Wildman–Crippen MR) is 119 cm³/mol. The number of rotatable bonds is 9. The van der Waals surface area contributed by atoms with Gasteiger partial charge in [0.25, 0.3) is 5.91 Å². The molecule has 2 aromatic carbocycles. The van der Waals surface area contributed by atoms with Gasteiger partial charge in [-0.15, -0.1) is 0 Å². The van der Waals surface area contributed by atoms with Gasteiger partial charge >= 0.3 is 0 Å². The number of carbonyl (C=O) groups excluding carboxylic acids is 1. The Morgan fingerprint density at radius 1 is 1.14 bits per heavy atom. The number of benzene rings is 2. The molecule has 0 atom stereocenters. The summed E-state index contributed by atoms with van der Waals surface area (Å²) in [7, 11) is 0. The first kappa shape index (κ1) is 22.4. The van der Waals surface area contributed by atoms with Crippen molar-refractivity contribution in [1.29, 1.82) is 5.26 Å². The van der Waals surface area contributed by atoms with Crippen molar-refractivity contribution in [2.45, 2.75) is 26.7 Å². The highest BCUT2D eigenvalue weighted by Gasteiger charge is 2.17. The largest absolute Gasteiger partial charge is 0.492 e. The van der Waals surface area contributed by atoms with Crippen molar-refractivity contribution in [3.05, 3.63) is 65.7 Å². The summed E-state index contributed by atoms with van der Waals surface area (Å²) in [5, 5.41) is 12.1. The zero-order valence-corrected chi connectivity index (χ0v) is 17.7. The Bertz CT molecular complexity index is 847. The molecule has 5 nitrogen and oxygen atoms in total. The van der Waals surface area contributed by atoms with E-state index in [9.17, 15) is 4.79 Å². The molecule has 152 valence electrons. The summed E-state index contributed by atoms with van der Waals surface area (Å²) in [6.45, 7) is 5.72. The van der Waals surface area contributed by atoms with Crippen LogP contribution in [0.4, 0.5) is 0 Å². The Hall–Kier alpha value is -2.91. The fraction of sp³-hybridized carbons (Fsp3) is 0.348. The molecular formula is C23H27N3O2S. The van der Waals surface area contributed by atoms with Crippen molar-refractivity contribution in [2.24, 2.45) is 5.92 Å². The molecule has 0 radical (unpaired) electrons. The van der Waals surface area contributed by atoms with Crippen molar-refractivity contribution >= 4 is 23.2 Å². The summed E-state index contributed by atoms with van der Waals surface area (Å²) in [4.78, 5) is 14.7. The van der Waals surface area contributed by atoms with E-state index < -0.39 is 0 Å². The Kier molecular flexibility index (Phi) is 9.13. The van der Waals surface area contributed by atoms with E-state index in [1.165, 1.54) is 5.56 Å². The molecule has 0 saturated heterocycles. The summed E-state index contributed by atoms with van der Waals surface area (Å²) in [5.41, 5.74) is 1.62. The first-order valence-electron chi connectivity index (χ1n) is 9.74. The molecule has 1 N–H and O–H groups in total. The van der Waals surface area contributed by atoms with Gasteiger partial charge < -0.3 is 9.64 Å². The van der Waals surface area contributed by atoms with Crippen molar-refractivity contribution < 1.29 is 9.53 Å². The SMILES string of the molecule is CC(C)COc1ccccc1C(=O)NC(=S)N(CCC#N)CCc1ccccc1. The average molecular weight is 410 g/mol. The standard InChI is InChI=1S/C23H27N3O2S/c1-18(2)17-28-21-12-7-6-11-20(21)22(27)25-23(29)26(15-8-14-24)16-13-19-9-4-3-5-10-19/h3-7,9-12,18H,8,13,15-17H2,1-2H3,(H,25,27,29). The molecule has 0 aliphatic heterocycles. The van der Waals surface area contributed by atoms with E-state index in [2.05, 4.69) is 25.2 Å². The zero-order valence-electron chi connectivity index (χ0n) is 16.9. The molecule has 0 fully saturated rings. The molecule has 0 spiro atoms. The van der Waals surface area contributed by atoms with E-state index in [0.29, 0.717) is 48.5 Å². The lowest BCUT2D eigenvalue weighted by Crippen LogP contribution is -2.44. The third-order valence-corrected chi connectivity index (χ3v) is 4.58. The summed E-state index contributed by atoms with van der Waals surface area (Å²) < 4.78 is 5.77. The van der Waals surface area contributed by atoms with Crippen LogP contribution < -0.4 is 10.1 Å². The second kappa shape index (κ2) is 11.8. The quantitative estimate of drug-likeness (QED) is 0.629. The molecule has 0 bridgehead atoms. The fourth-order valence-electron chi connectivity index (χ4n) is 2.69. The number of para-hydroxylation sites is 1. The average Bonchev–Trinajstić information content (AvgIpc) is 2.73. The van der Waals surface area contributed by atoms with Crippen LogP contribution in [0, 0.1) is 17.2 Å². The van der Waals surface area contributed by atoms with E-state index >= 15 is 0 Å². The molecule has 0 aliphatic carbocycles. The predicted octanol–water partition coefficient (Wildman–Crippen LogP) is 4.19. The van der Waals surface area contributed by atoms with Crippen LogP contribution in [-0.4, -0.2) is 35.6 Å². The minimum absolute atomic E-state index is 0.309. The van der Waals surface area contributed by atoms with Crippen LogP contribution in [0.3, 0.4) is 0 Å². The lowest BCUT2D eigenvalue weighted by atomic mass is 10.1. The van der Waals surface area contributed by atoms with Gasteiger partial charge in [-0.2, -0.15) is 5.26 Å². The molecule has 0 aromatic heterocycles. The second-order valence-corrected chi connectivity index (χ2v) is 7.48. The van der Waals surface area contributed by atoms with Crippen LogP contribution in [0.5, 0.6) is 5.75 Å². The molecule has 0 heterocycles. The number of amides is 1. The first-order chi connectivity index (χ1) is 14.0. The molecule has 29 heavy (non-hydrogen) atoms. The number of thiocarbonyl (C=S) groups is 1. The molecule has 0 aliphatic rings. The van der Waals surface area contributed by atoms with Crippen molar-refractivity contribution in [1.82, 2.24) is 10.2 Å². The molecule has 6 heteroatoms. The highest BCUT2D eigenvalue weighted by atomic mass is 32.1. The Morgan fingerprint density at radius 2 is 1.83 bits per heavy atom. The van der Waals surface area contributed by atoms with E-state index in [1.54, 1.807) is 18.2 Å². The van der Waals surface area contributed by atoms with Gasteiger partial charge in [-0.05, 0) is 42.3 Å². The number of hydrogen-bond acceptors (Lipinski definition) is 4. The van der Waals surface area contributed by atoms with Crippen LogP contribution in [0.1, 0.15) is 36.2 Å². The normalized spacial score (nSPS) is 10.3. The number of nitriles is 1. The van der Waals surface area contributed by atoms with Gasteiger partial charge in [0, 0.05) is 13.1 Å². The van der Waals surface area contributed by atoms with Crippen LogP contribution in [0.2, 0.25) is 0 Å². The van der Waals surface area contributed by atoms with Gasteiger partial charge in [-0.25, -0.2) is 0 Å². The monoisotopic (exact) mass is 409 g/mol. The minimum atomic E-state index is -0.309. The van der Waals surface area contributed by atoms with E-state index in [4.69, 9.17) is 22.2 Å². The summed E-state index contributed by atoms with van der Waals surface area (Å²) >= 11 is 5.47. The van der Waals surface area contributed by atoms with Crippen LogP contribution in [0.25, 0.3) is 0 Å². The summed E-state index contributed by atoms with van der Waals surface area (Å²) in [6.07, 6.45) is 1.11. The van der Waals surface area contributed by atoms with E-state index in [0.717, 1.165) is 6.42 Å². The van der Waals surface area contributed by atoms with Gasteiger partial charge in [-0.3, -0.25) is 10.1 Å².